The van der Waals surface area contributed by atoms with Gasteiger partial charge in [-0.25, -0.2) is 0 Å². The van der Waals surface area contributed by atoms with Crippen LogP contribution >= 0.6 is 11.6 Å². The van der Waals surface area contributed by atoms with Crippen LogP contribution in [0.15, 0.2) is 18.2 Å². The topological polar surface area (TPSA) is 57.6 Å². The summed E-state index contributed by atoms with van der Waals surface area (Å²) in [6, 6.07) is 4.21. The van der Waals surface area contributed by atoms with Crippen molar-refractivity contribution in [2.24, 2.45) is 0 Å². The number of aliphatic hydroxyl groups is 1. The largest absolute Gasteiger partial charge is 0.391 e. The van der Waals surface area contributed by atoms with E-state index in [0.717, 1.165) is 0 Å². The molecule has 0 bridgehead atoms. The number of benzene rings is 1. The maximum absolute atomic E-state index is 11.8. The third kappa shape index (κ3) is 1.83. The minimum atomic E-state index is -0.725. The Morgan fingerprint density at radius 1 is 1.29 bits per heavy atom. The zero-order valence-electron chi connectivity index (χ0n) is 9.48. The van der Waals surface area contributed by atoms with E-state index in [9.17, 15) is 14.7 Å². The predicted octanol–water partition coefficient (Wildman–Crippen LogP) is 1.64. The summed E-state index contributed by atoms with van der Waals surface area (Å²) in [7, 11) is 0. The first kappa shape index (κ1) is 12.1. The zero-order chi connectivity index (χ0) is 12.7. The Morgan fingerprint density at radius 3 is 2.53 bits per heavy atom. The van der Waals surface area contributed by atoms with Gasteiger partial charge >= 0.3 is 0 Å². The molecule has 2 unspecified atom stereocenters. The van der Waals surface area contributed by atoms with Gasteiger partial charge in [-0.1, -0.05) is 11.6 Å². The number of hydrogen-bond donors (Lipinski definition) is 1. The molecule has 1 heterocycles. The molecule has 0 fully saturated rings. The Hall–Kier alpha value is -1.39. The van der Waals surface area contributed by atoms with Crippen LogP contribution in [0.1, 0.15) is 24.2 Å². The molecule has 1 N–H and O–H groups in total. The zero-order valence-corrected chi connectivity index (χ0v) is 10.2. The molecule has 0 saturated carbocycles. The third-order valence-corrected chi connectivity index (χ3v) is 3.22. The van der Waals surface area contributed by atoms with Crippen LogP contribution in [0.2, 0.25) is 5.02 Å². The van der Waals surface area contributed by atoms with Gasteiger partial charge in [0.05, 0.1) is 23.4 Å². The van der Waals surface area contributed by atoms with Crippen LogP contribution in [-0.2, 0) is 4.79 Å². The molecular formula is C12H12ClNO3. The van der Waals surface area contributed by atoms with Crippen LogP contribution in [0.4, 0.5) is 5.69 Å². The van der Waals surface area contributed by atoms with E-state index in [1.807, 2.05) is 0 Å². The first-order valence-corrected chi connectivity index (χ1v) is 5.66. The number of hydrogen-bond acceptors (Lipinski definition) is 3. The van der Waals surface area contributed by atoms with Gasteiger partial charge in [-0.3, -0.25) is 14.5 Å². The fraction of sp³-hybridized carbons (Fsp3) is 0.333. The Morgan fingerprint density at radius 2 is 1.94 bits per heavy atom. The normalized spacial score (nSPS) is 18.2. The first-order valence-electron chi connectivity index (χ1n) is 5.29. The molecular weight excluding hydrogens is 242 g/mol. The van der Waals surface area contributed by atoms with Crippen LogP contribution in [0.25, 0.3) is 0 Å². The predicted molar refractivity (Wildman–Crippen MR) is 64.4 cm³/mol. The number of amides is 1. The van der Waals surface area contributed by atoms with E-state index in [1.165, 1.54) is 11.0 Å². The highest BCUT2D eigenvalue weighted by Crippen LogP contribution is 2.33. The van der Waals surface area contributed by atoms with Crippen molar-refractivity contribution in [1.82, 2.24) is 0 Å². The Labute approximate surface area is 104 Å². The van der Waals surface area contributed by atoms with Crippen LogP contribution in [-0.4, -0.2) is 28.9 Å². The van der Waals surface area contributed by atoms with E-state index < -0.39 is 23.8 Å². The van der Waals surface area contributed by atoms with Crippen molar-refractivity contribution < 1.29 is 14.7 Å². The summed E-state index contributed by atoms with van der Waals surface area (Å²) in [6.07, 6.45) is -0.725. The van der Waals surface area contributed by atoms with Crippen LogP contribution in [0.3, 0.4) is 0 Å². The van der Waals surface area contributed by atoms with Gasteiger partial charge in [0.15, 0.2) is 0 Å². The molecule has 2 rings (SSSR count). The number of carbonyl (C=O) groups excluding carboxylic acids is 2. The molecule has 1 aromatic carbocycles. The van der Waals surface area contributed by atoms with Crippen molar-refractivity contribution >= 4 is 29.0 Å². The monoisotopic (exact) mass is 253 g/mol. The standard InChI is InChI=1S/C12H12ClNO3/c1-6(7(2)15)14-10-5-8(13)3-4-9(10)11(16)12(14)17/h3-7,15H,1-2H3. The molecule has 1 amide bonds. The molecule has 0 aromatic heterocycles. The number of aliphatic hydroxyl groups excluding tert-OH is 1. The Bertz CT molecular complexity index is 499. The number of fused-ring (bicyclic) bond motifs is 1. The second-order valence-corrected chi connectivity index (χ2v) is 4.58. The van der Waals surface area contributed by atoms with Crippen LogP contribution < -0.4 is 4.90 Å². The number of rotatable bonds is 2. The molecule has 1 aliphatic rings. The lowest BCUT2D eigenvalue weighted by Gasteiger charge is -2.26. The Kier molecular flexibility index (Phi) is 2.93. The first-order chi connectivity index (χ1) is 7.93. The van der Waals surface area contributed by atoms with Crippen LogP contribution in [0, 0.1) is 0 Å². The van der Waals surface area contributed by atoms with E-state index in [0.29, 0.717) is 16.3 Å². The van der Waals surface area contributed by atoms with Gasteiger partial charge < -0.3 is 5.11 Å². The summed E-state index contributed by atoms with van der Waals surface area (Å²) >= 11 is 5.86. The number of ketones is 1. The third-order valence-electron chi connectivity index (χ3n) is 2.98. The molecule has 90 valence electrons. The molecule has 0 spiro atoms. The molecule has 2 atom stereocenters. The second-order valence-electron chi connectivity index (χ2n) is 4.15. The summed E-state index contributed by atoms with van der Waals surface area (Å²) in [4.78, 5) is 24.9. The molecule has 17 heavy (non-hydrogen) atoms. The summed E-state index contributed by atoms with van der Waals surface area (Å²) in [5, 5.41) is 9.99. The van der Waals surface area contributed by atoms with Crippen molar-refractivity contribution in [3.8, 4) is 0 Å². The van der Waals surface area contributed by atoms with E-state index in [4.69, 9.17) is 11.6 Å². The number of nitrogens with zero attached hydrogens (tertiary/aromatic N) is 1. The molecule has 0 radical (unpaired) electrons. The molecule has 4 nitrogen and oxygen atoms in total. The van der Waals surface area contributed by atoms with Gasteiger partial charge in [-0.15, -0.1) is 0 Å². The van der Waals surface area contributed by atoms with E-state index in [-0.39, 0.29) is 0 Å². The molecule has 5 heteroatoms. The van der Waals surface area contributed by atoms with Crippen molar-refractivity contribution in [1.29, 1.82) is 0 Å². The highest BCUT2D eigenvalue weighted by molar-refractivity contribution is 6.52. The summed E-state index contributed by atoms with van der Waals surface area (Å²) in [5.74, 6) is -1.17. The number of halogens is 1. The minimum absolute atomic E-state index is 0.340. The summed E-state index contributed by atoms with van der Waals surface area (Å²) < 4.78 is 0. The fourth-order valence-corrected chi connectivity index (χ4v) is 2.02. The van der Waals surface area contributed by atoms with Crippen molar-refractivity contribution in [3.63, 3.8) is 0 Å². The number of anilines is 1. The van der Waals surface area contributed by atoms with Crippen LogP contribution in [0.5, 0.6) is 0 Å². The average molecular weight is 254 g/mol. The van der Waals surface area contributed by atoms with Gasteiger partial charge in [0.2, 0.25) is 0 Å². The molecule has 1 aromatic rings. The lowest BCUT2D eigenvalue weighted by Crippen LogP contribution is -2.43. The van der Waals surface area contributed by atoms with Crippen molar-refractivity contribution in [2.45, 2.75) is 26.0 Å². The quantitative estimate of drug-likeness (QED) is 0.815. The second kappa shape index (κ2) is 4.13. The minimum Gasteiger partial charge on any atom is -0.391 e. The van der Waals surface area contributed by atoms with Gasteiger partial charge in [0, 0.05) is 5.02 Å². The van der Waals surface area contributed by atoms with Crippen molar-refractivity contribution in [2.75, 3.05) is 4.90 Å². The van der Waals surface area contributed by atoms with Gasteiger partial charge in [0.1, 0.15) is 0 Å². The van der Waals surface area contributed by atoms with Gasteiger partial charge in [-0.2, -0.15) is 0 Å². The average Bonchev–Trinajstić information content (AvgIpc) is 2.50. The maximum atomic E-state index is 11.8. The highest BCUT2D eigenvalue weighted by Gasteiger charge is 2.39. The Balaban J connectivity index is 2.53. The fourth-order valence-electron chi connectivity index (χ4n) is 1.85. The van der Waals surface area contributed by atoms with Gasteiger partial charge in [0.25, 0.3) is 11.7 Å². The van der Waals surface area contributed by atoms with Crippen molar-refractivity contribution in [3.05, 3.63) is 28.8 Å². The summed E-state index contributed by atoms with van der Waals surface area (Å²) in [6.45, 7) is 3.26. The lowest BCUT2D eigenvalue weighted by atomic mass is 10.1. The molecule has 1 aliphatic heterocycles. The van der Waals surface area contributed by atoms with Gasteiger partial charge in [-0.05, 0) is 32.0 Å². The molecule has 0 saturated heterocycles. The highest BCUT2D eigenvalue weighted by atomic mass is 35.5. The number of Topliss-reactive ketones (excluding diaryl/α,β-unsaturated/α-hetero) is 1. The number of carbonyl (C=O) groups is 2. The summed E-state index contributed by atoms with van der Waals surface area (Å²) in [5.41, 5.74) is 0.813. The van der Waals surface area contributed by atoms with E-state index in [1.54, 1.807) is 26.0 Å². The van der Waals surface area contributed by atoms with E-state index in [2.05, 4.69) is 0 Å². The SMILES string of the molecule is CC(O)C(C)N1C(=O)C(=O)c2ccc(Cl)cc21. The van der Waals surface area contributed by atoms with E-state index >= 15 is 0 Å². The smallest absolute Gasteiger partial charge is 0.299 e. The molecule has 0 aliphatic carbocycles. The lowest BCUT2D eigenvalue weighted by molar-refractivity contribution is -0.115. The maximum Gasteiger partial charge on any atom is 0.299 e.